The van der Waals surface area contributed by atoms with Gasteiger partial charge in [0.05, 0.1) is 0 Å². The molecule has 60 valence electrons. The van der Waals surface area contributed by atoms with Gasteiger partial charge >= 0.3 is 0 Å². The Morgan fingerprint density at radius 2 is 1.67 bits per heavy atom. The molecular formula is C10H12Si2. The van der Waals surface area contributed by atoms with Gasteiger partial charge in [-0.15, -0.1) is 0 Å². The summed E-state index contributed by atoms with van der Waals surface area (Å²) in [5.41, 5.74) is 1.58. The van der Waals surface area contributed by atoms with Gasteiger partial charge in [-0.1, -0.05) is 54.4 Å². The van der Waals surface area contributed by atoms with Gasteiger partial charge in [-0.25, -0.2) is 0 Å². The Morgan fingerprint density at radius 3 is 2.33 bits per heavy atom. The van der Waals surface area contributed by atoms with E-state index in [1.165, 1.54) is 37.5 Å². The minimum atomic E-state index is 0.917. The summed E-state index contributed by atoms with van der Waals surface area (Å²) < 4.78 is 0. The molecule has 1 fully saturated rings. The second kappa shape index (κ2) is 4.05. The molecule has 0 nitrogen and oxygen atoms in total. The van der Waals surface area contributed by atoms with Crippen LogP contribution in [0.5, 0.6) is 0 Å². The molecule has 2 heteroatoms. The summed E-state index contributed by atoms with van der Waals surface area (Å²) in [4.78, 5) is 0. The first kappa shape index (κ1) is 8.26. The van der Waals surface area contributed by atoms with Gasteiger partial charge in [0.25, 0.3) is 0 Å². The van der Waals surface area contributed by atoms with Crippen LogP contribution in [0.3, 0.4) is 0 Å². The average Bonchev–Trinajstić information content (AvgIpc) is 2.21. The van der Waals surface area contributed by atoms with E-state index in [1.807, 2.05) is 0 Å². The molecule has 1 heterocycles. The molecule has 1 saturated heterocycles. The van der Waals surface area contributed by atoms with Crippen LogP contribution < -0.4 is 0 Å². The molecular weight excluding hydrogens is 176 g/mol. The minimum absolute atomic E-state index is 0.917. The van der Waals surface area contributed by atoms with Crippen LogP contribution in [0, 0.1) is 0 Å². The summed E-state index contributed by atoms with van der Waals surface area (Å²) >= 11 is 0. The predicted molar refractivity (Wildman–Crippen MR) is 54.9 cm³/mol. The summed E-state index contributed by atoms with van der Waals surface area (Å²) in [6.45, 7) is 0. The number of benzene rings is 1. The van der Waals surface area contributed by atoms with Crippen molar-refractivity contribution in [3.63, 3.8) is 0 Å². The lowest BCUT2D eigenvalue weighted by molar-refractivity contribution is 1.00. The third kappa shape index (κ3) is 1.87. The molecule has 0 saturated carbocycles. The monoisotopic (exact) mass is 188 g/mol. The summed E-state index contributed by atoms with van der Waals surface area (Å²) in [5.74, 6) is 0. The van der Waals surface area contributed by atoms with Crippen molar-refractivity contribution in [2.75, 3.05) is 0 Å². The van der Waals surface area contributed by atoms with Crippen LogP contribution >= 0.6 is 0 Å². The summed E-state index contributed by atoms with van der Waals surface area (Å²) in [7, 11) is 2.37. The minimum Gasteiger partial charge on any atom is -0.0622 e. The van der Waals surface area contributed by atoms with E-state index >= 15 is 0 Å². The van der Waals surface area contributed by atoms with E-state index < -0.39 is 0 Å². The van der Waals surface area contributed by atoms with Gasteiger partial charge in [-0.2, -0.15) is 0 Å². The highest BCUT2D eigenvalue weighted by molar-refractivity contribution is 6.60. The zero-order valence-corrected chi connectivity index (χ0v) is 9.09. The van der Waals surface area contributed by atoms with E-state index in [9.17, 15) is 0 Å². The quantitative estimate of drug-likeness (QED) is 0.593. The van der Waals surface area contributed by atoms with Crippen LogP contribution in [0.1, 0.15) is 17.1 Å². The first-order valence-electron chi connectivity index (χ1n) is 4.48. The first-order valence-corrected chi connectivity index (χ1v) is 7.05. The van der Waals surface area contributed by atoms with Gasteiger partial charge in [0.15, 0.2) is 0 Å². The van der Waals surface area contributed by atoms with E-state index in [4.69, 9.17) is 0 Å². The third-order valence-corrected chi connectivity index (χ3v) is 6.18. The Kier molecular flexibility index (Phi) is 2.79. The van der Waals surface area contributed by atoms with Crippen molar-refractivity contribution in [2.24, 2.45) is 0 Å². The van der Waals surface area contributed by atoms with Crippen molar-refractivity contribution in [1.82, 2.24) is 0 Å². The SMILES string of the molecule is c1ccc(C2[Si]CCC[Si]2)cc1. The molecule has 0 aliphatic carbocycles. The molecule has 12 heavy (non-hydrogen) atoms. The molecule has 0 atom stereocenters. The van der Waals surface area contributed by atoms with Gasteiger partial charge in [0.1, 0.15) is 0 Å². The Balaban J connectivity index is 2.08. The van der Waals surface area contributed by atoms with Gasteiger partial charge in [0, 0.05) is 19.0 Å². The topological polar surface area (TPSA) is 0 Å². The maximum atomic E-state index is 2.29. The number of hydrogen-bond donors (Lipinski definition) is 0. The highest BCUT2D eigenvalue weighted by Crippen LogP contribution is 2.21. The highest BCUT2D eigenvalue weighted by atomic mass is 28.3. The smallest absolute Gasteiger partial charge is 0.0429 e. The first-order chi connectivity index (χ1) is 5.97. The lowest BCUT2D eigenvalue weighted by atomic mass is 10.2. The van der Waals surface area contributed by atoms with Gasteiger partial charge in [-0.3, -0.25) is 0 Å². The third-order valence-electron chi connectivity index (χ3n) is 2.18. The van der Waals surface area contributed by atoms with Crippen LogP contribution in [0.2, 0.25) is 12.1 Å². The largest absolute Gasteiger partial charge is 0.0622 e. The molecule has 0 spiro atoms. The molecule has 0 unspecified atom stereocenters. The molecule has 4 radical (unpaired) electrons. The van der Waals surface area contributed by atoms with E-state index in [0.717, 1.165) is 5.16 Å². The maximum Gasteiger partial charge on any atom is 0.0429 e. The van der Waals surface area contributed by atoms with Crippen molar-refractivity contribution in [3.8, 4) is 0 Å². The Morgan fingerprint density at radius 1 is 1.00 bits per heavy atom. The summed E-state index contributed by atoms with van der Waals surface area (Å²) in [6.07, 6.45) is 1.47. The fourth-order valence-corrected chi connectivity index (χ4v) is 5.53. The number of hydrogen-bond acceptors (Lipinski definition) is 0. The lowest BCUT2D eigenvalue weighted by Crippen LogP contribution is -2.19. The van der Waals surface area contributed by atoms with E-state index in [-0.39, 0.29) is 0 Å². The van der Waals surface area contributed by atoms with Crippen molar-refractivity contribution < 1.29 is 0 Å². The van der Waals surface area contributed by atoms with Crippen LogP contribution in [0.15, 0.2) is 30.3 Å². The summed E-state index contributed by atoms with van der Waals surface area (Å²) in [5, 5.41) is 0.917. The Hall–Kier alpha value is -0.346. The zero-order valence-electron chi connectivity index (χ0n) is 7.09. The van der Waals surface area contributed by atoms with Crippen molar-refractivity contribution >= 4 is 19.0 Å². The molecule has 1 aliphatic heterocycles. The number of rotatable bonds is 1. The normalized spacial score (nSPS) is 19.3. The molecule has 0 amide bonds. The zero-order chi connectivity index (χ0) is 8.23. The molecule has 1 aromatic carbocycles. The van der Waals surface area contributed by atoms with E-state index in [2.05, 4.69) is 30.3 Å². The average molecular weight is 188 g/mol. The second-order valence-electron chi connectivity index (χ2n) is 3.11. The van der Waals surface area contributed by atoms with Crippen LogP contribution in [0.4, 0.5) is 0 Å². The fourth-order valence-electron chi connectivity index (χ4n) is 1.53. The standard InChI is InChI=1S/C10H12Si2/c1-2-5-9(6-3-1)10-11-7-4-8-12-10/h1-3,5-6,10H,4,7-8H2. The molecule has 0 bridgehead atoms. The molecule has 0 N–H and O–H groups in total. The van der Waals surface area contributed by atoms with Crippen molar-refractivity contribution in [1.29, 1.82) is 0 Å². The molecule has 2 rings (SSSR count). The highest BCUT2D eigenvalue weighted by Gasteiger charge is 2.15. The molecule has 1 aromatic rings. The Bertz CT molecular complexity index is 227. The second-order valence-corrected chi connectivity index (χ2v) is 6.65. The van der Waals surface area contributed by atoms with E-state index in [1.54, 1.807) is 5.56 Å². The lowest BCUT2D eigenvalue weighted by Gasteiger charge is -2.19. The maximum absolute atomic E-state index is 2.29. The van der Waals surface area contributed by atoms with Crippen LogP contribution in [-0.2, 0) is 0 Å². The van der Waals surface area contributed by atoms with Crippen LogP contribution in [-0.4, -0.2) is 19.0 Å². The van der Waals surface area contributed by atoms with Gasteiger partial charge in [0.2, 0.25) is 0 Å². The van der Waals surface area contributed by atoms with Crippen molar-refractivity contribution in [2.45, 2.75) is 23.7 Å². The predicted octanol–water partition coefficient (Wildman–Crippen LogP) is 2.33. The Labute approximate surface area is 79.0 Å². The van der Waals surface area contributed by atoms with Gasteiger partial charge in [-0.05, 0) is 5.16 Å². The molecule has 1 aliphatic rings. The van der Waals surface area contributed by atoms with Crippen LogP contribution in [0.25, 0.3) is 0 Å². The summed E-state index contributed by atoms with van der Waals surface area (Å²) in [6, 6.07) is 13.9. The van der Waals surface area contributed by atoms with Crippen molar-refractivity contribution in [3.05, 3.63) is 35.9 Å². The van der Waals surface area contributed by atoms with E-state index in [0.29, 0.717) is 0 Å². The molecule has 0 aromatic heterocycles. The van der Waals surface area contributed by atoms with Gasteiger partial charge < -0.3 is 0 Å². The fraction of sp³-hybridized carbons (Fsp3) is 0.400.